The van der Waals surface area contributed by atoms with Crippen molar-refractivity contribution in [3.63, 3.8) is 0 Å². The molecule has 87 heavy (non-hydrogen) atoms. The van der Waals surface area contributed by atoms with Crippen LogP contribution in [0.15, 0.2) is 24.3 Å². The Balaban J connectivity index is 0.0000162. The molecule has 0 aliphatic carbocycles. The first-order chi connectivity index (χ1) is 41.3. The summed E-state index contributed by atoms with van der Waals surface area (Å²) in [6, 6.07) is 4.34. The molecule has 3 amide bonds. The zero-order valence-electron chi connectivity index (χ0n) is 50.6. The van der Waals surface area contributed by atoms with Crippen molar-refractivity contribution in [3.8, 4) is 0 Å². The molecule has 2 aromatic rings. The Labute approximate surface area is 540 Å². The third-order valence-electron chi connectivity index (χ3n) is 16.2. The van der Waals surface area contributed by atoms with Crippen molar-refractivity contribution in [2.24, 2.45) is 0 Å². The second-order valence-corrected chi connectivity index (χ2v) is 22.9. The number of anilines is 2. The smallest absolute Gasteiger partial charge is 0.326 e. The Bertz CT molecular complexity index is 2450. The van der Waals surface area contributed by atoms with Gasteiger partial charge in [0.15, 0.2) is 0 Å². The van der Waals surface area contributed by atoms with Gasteiger partial charge in [-0.05, 0) is 88.4 Å². The molecule has 0 bridgehead atoms. The molecular weight excluding hydrogens is 1290 g/mol. The molecule has 9 N–H and O–H groups in total. The van der Waals surface area contributed by atoms with Crippen molar-refractivity contribution < 1.29 is 106 Å². The maximum atomic E-state index is 12.4. The minimum absolute atomic E-state index is 0. The molecule has 28 heteroatoms. The Morgan fingerprint density at radius 2 is 1.02 bits per heavy atom. The van der Waals surface area contributed by atoms with Crippen LogP contribution in [0.4, 0.5) is 16.7 Å². The normalized spacial score (nSPS) is 17.8. The van der Waals surface area contributed by atoms with Gasteiger partial charge in [0.1, 0.15) is 17.9 Å². The molecule has 3 aliphatic rings. The monoisotopic (exact) mass is 1380 g/mol. The van der Waals surface area contributed by atoms with Gasteiger partial charge in [-0.1, -0.05) is 69.7 Å². The van der Waals surface area contributed by atoms with E-state index in [0.29, 0.717) is 103 Å². The van der Waals surface area contributed by atoms with E-state index in [9.17, 15) is 63.9 Å². The number of urea groups is 1. The number of carbonyl (C=O) groups is 8. The minimum atomic E-state index is -1.48. The number of likely N-dealkylation sites (N-methyl/N-ethyl adjacent to an activating group) is 1. The number of amides is 3. The van der Waals surface area contributed by atoms with E-state index < -0.39 is 60.4 Å². The molecule has 3 saturated heterocycles. The van der Waals surface area contributed by atoms with Crippen LogP contribution in [0.1, 0.15) is 133 Å². The van der Waals surface area contributed by atoms with Gasteiger partial charge in [-0.3, -0.25) is 43.6 Å². The molecule has 1 unspecified atom stereocenters. The fourth-order valence-corrected chi connectivity index (χ4v) is 11.2. The zero-order chi connectivity index (χ0) is 62.2. The standard InChI is InChI=1S/C59H95N13O14.Lu/c1-2-66-28-29-68(41-52(76)77)30-31-69(42-53(78)79)34-37-72(43-54(80)81)46(40-66)38-44-18-20-45(21-19-44)39-49-63-57(70-26-14-9-15-27-70)65-58(64-49)71-35-32-67(33-36-71)25-13-8-6-4-3-5-7-10-17-50(73)60-24-12-11-16-47(55(82)83)61-59(86)62-48(56(84)85)22-23-51(74)75;/h18-21,46-48H,2-17,22-43H2,1H3,(H,60,73)(H,74,75)(H,76,77)(H,78,79)(H,80,81)(H,82,83)(H,84,85)(H2,61,62,86);/t46?,47-,48-;/m0./s1. The molecule has 3 fully saturated rings. The summed E-state index contributed by atoms with van der Waals surface area (Å²) in [4.78, 5) is 124. The average Bonchev–Trinajstić information content (AvgIpc) is 1.79. The van der Waals surface area contributed by atoms with Crippen molar-refractivity contribution >= 4 is 59.7 Å². The molecule has 3 atom stereocenters. The SMILES string of the molecule is CCN1CCN(CC(=O)O)CCN(CC(=O)O)CCN(CC(=O)O)C(Cc2ccc(Cc3nc(N4CCCCC4)nc(N4CCN(CCCCCCCCCCC(=O)NCCCC[C@H](NC(=O)N[C@@H](CCC(=O)O)C(=O)O)C(=O)O)CC4)n3)cc2)C1.[Lu]. The number of nitrogens with one attached hydrogen (secondary N) is 3. The number of hydrogen-bond donors (Lipinski definition) is 9. The van der Waals surface area contributed by atoms with Gasteiger partial charge in [0.25, 0.3) is 0 Å². The Kier molecular flexibility index (Phi) is 34.7. The molecule has 495 valence electrons. The first-order valence-electron chi connectivity index (χ1n) is 31.0. The molecule has 1 radical (unpaired) electrons. The number of aromatic nitrogens is 3. The van der Waals surface area contributed by atoms with E-state index in [-0.39, 0.29) is 81.3 Å². The summed E-state index contributed by atoms with van der Waals surface area (Å²) in [5, 5.41) is 64.1. The van der Waals surface area contributed by atoms with Crippen LogP contribution in [0.5, 0.6) is 0 Å². The topological polar surface area (TPSA) is 355 Å². The van der Waals surface area contributed by atoms with Crippen molar-refractivity contribution in [2.45, 2.75) is 147 Å². The molecule has 1 aromatic carbocycles. The van der Waals surface area contributed by atoms with Gasteiger partial charge in [0.05, 0.1) is 19.6 Å². The van der Waals surface area contributed by atoms with E-state index in [1.165, 1.54) is 6.42 Å². The fraction of sp³-hybridized carbons (Fsp3) is 0.712. The molecule has 27 nitrogen and oxygen atoms in total. The third-order valence-corrected chi connectivity index (χ3v) is 16.2. The quantitative estimate of drug-likeness (QED) is 0.0443. The number of carbonyl (C=O) groups excluding carboxylic acids is 2. The van der Waals surface area contributed by atoms with Gasteiger partial charge < -0.3 is 61.3 Å². The van der Waals surface area contributed by atoms with E-state index in [1.807, 2.05) is 16.7 Å². The number of rotatable bonds is 36. The molecular formula is C59H95LuN13O14. The van der Waals surface area contributed by atoms with Crippen LogP contribution in [0.2, 0.25) is 0 Å². The predicted octanol–water partition coefficient (Wildman–Crippen LogP) is 2.85. The summed E-state index contributed by atoms with van der Waals surface area (Å²) in [5.41, 5.74) is 2.07. The number of hydrogen-bond acceptors (Lipinski definition) is 18. The molecule has 0 saturated carbocycles. The Morgan fingerprint density at radius 1 is 0.517 bits per heavy atom. The van der Waals surface area contributed by atoms with Crippen LogP contribution >= 0.6 is 0 Å². The predicted molar refractivity (Wildman–Crippen MR) is 321 cm³/mol. The van der Waals surface area contributed by atoms with Crippen LogP contribution in [0.3, 0.4) is 0 Å². The van der Waals surface area contributed by atoms with Gasteiger partial charge >= 0.3 is 41.8 Å². The number of carboxylic acids is 6. The zero-order valence-corrected chi connectivity index (χ0v) is 52.2. The number of benzene rings is 1. The summed E-state index contributed by atoms with van der Waals surface area (Å²) in [6.07, 6.45) is 13.4. The first-order valence-corrected chi connectivity index (χ1v) is 31.0. The van der Waals surface area contributed by atoms with Gasteiger partial charge in [-0.25, -0.2) is 14.4 Å². The molecule has 5 rings (SSSR count). The van der Waals surface area contributed by atoms with Gasteiger partial charge in [0, 0.05) is 154 Å². The van der Waals surface area contributed by atoms with E-state index in [1.54, 1.807) is 4.90 Å². The second kappa shape index (κ2) is 40.9. The molecule has 1 aromatic heterocycles. The second-order valence-electron chi connectivity index (χ2n) is 22.9. The van der Waals surface area contributed by atoms with E-state index in [4.69, 9.17) is 20.1 Å². The Hall–Kier alpha value is -5.58. The summed E-state index contributed by atoms with van der Waals surface area (Å²) >= 11 is 0. The van der Waals surface area contributed by atoms with Crippen molar-refractivity contribution in [2.75, 3.05) is 134 Å². The maximum absolute atomic E-state index is 12.4. The van der Waals surface area contributed by atoms with Gasteiger partial charge in [0.2, 0.25) is 17.8 Å². The number of nitrogens with zero attached hydrogens (tertiary/aromatic N) is 10. The number of piperazine rings is 1. The molecule has 0 spiro atoms. The summed E-state index contributed by atoms with van der Waals surface area (Å²) in [6.45, 7) is 11.8. The van der Waals surface area contributed by atoms with Crippen molar-refractivity contribution in [1.82, 2.24) is 55.4 Å². The van der Waals surface area contributed by atoms with Crippen LogP contribution in [0.25, 0.3) is 0 Å². The largest absolute Gasteiger partial charge is 0.481 e. The van der Waals surface area contributed by atoms with Crippen LogP contribution < -0.4 is 25.8 Å². The summed E-state index contributed by atoms with van der Waals surface area (Å²) in [5.74, 6) is -4.80. The van der Waals surface area contributed by atoms with Gasteiger partial charge in [-0.15, -0.1) is 0 Å². The number of piperidine rings is 1. The van der Waals surface area contributed by atoms with E-state index in [2.05, 4.69) is 59.8 Å². The summed E-state index contributed by atoms with van der Waals surface area (Å²) < 4.78 is 0. The maximum Gasteiger partial charge on any atom is 0.326 e. The number of unbranched alkanes of at least 4 members (excludes halogenated alkanes) is 8. The average molecular weight is 1390 g/mol. The Morgan fingerprint density at radius 3 is 1.57 bits per heavy atom. The molecule has 4 heterocycles. The van der Waals surface area contributed by atoms with Crippen LogP contribution in [-0.2, 0) is 46.4 Å². The van der Waals surface area contributed by atoms with E-state index in [0.717, 1.165) is 127 Å². The minimum Gasteiger partial charge on any atom is -0.481 e. The summed E-state index contributed by atoms with van der Waals surface area (Å²) in [7, 11) is 0. The fourth-order valence-electron chi connectivity index (χ4n) is 11.2. The van der Waals surface area contributed by atoms with Crippen molar-refractivity contribution in [1.29, 1.82) is 0 Å². The number of aliphatic carboxylic acids is 6. The van der Waals surface area contributed by atoms with Crippen LogP contribution in [0, 0.1) is 36.9 Å². The van der Waals surface area contributed by atoms with E-state index >= 15 is 0 Å². The van der Waals surface area contributed by atoms with Gasteiger partial charge in [-0.2, -0.15) is 15.0 Å². The first kappa shape index (κ1) is 73.9. The third kappa shape index (κ3) is 29.5. The van der Waals surface area contributed by atoms with Crippen molar-refractivity contribution in [3.05, 3.63) is 41.2 Å². The number of carboxylic acid groups (broad SMARTS) is 6. The molecule has 3 aliphatic heterocycles. The van der Waals surface area contributed by atoms with Crippen LogP contribution in [-0.4, -0.2) is 260 Å².